The molecule has 1 saturated heterocycles. The van der Waals surface area contributed by atoms with Crippen molar-refractivity contribution in [3.05, 3.63) is 87.3 Å². The predicted octanol–water partition coefficient (Wildman–Crippen LogP) is 2.08. The second kappa shape index (κ2) is 11.3. The van der Waals surface area contributed by atoms with Gasteiger partial charge in [-0.2, -0.15) is 0 Å². The van der Waals surface area contributed by atoms with Crippen LogP contribution in [-0.4, -0.2) is 50.3 Å². The van der Waals surface area contributed by atoms with Crippen LogP contribution in [0.1, 0.15) is 39.3 Å². The van der Waals surface area contributed by atoms with Gasteiger partial charge in [0.05, 0.1) is 6.61 Å². The third-order valence-corrected chi connectivity index (χ3v) is 7.83. The number of nitrogens with one attached hydrogen (secondary N) is 3. The largest absolute Gasteiger partial charge is 0.391 e. The number of thiophene rings is 1. The highest BCUT2D eigenvalue weighted by Crippen LogP contribution is 2.36. The molecule has 0 aliphatic carbocycles. The Morgan fingerprint density at radius 1 is 1.09 bits per heavy atom. The molecule has 1 aliphatic rings. The summed E-state index contributed by atoms with van der Waals surface area (Å²) in [4.78, 5) is 17.2. The van der Waals surface area contributed by atoms with Gasteiger partial charge in [0.2, 0.25) is 0 Å². The van der Waals surface area contributed by atoms with Crippen LogP contribution in [-0.2, 0) is 6.42 Å². The maximum absolute atomic E-state index is 13.0. The number of aliphatic hydroxyl groups is 1. The quantitative estimate of drug-likeness (QED) is 0.395. The number of amides is 1. The molecule has 4 rings (SSSR count). The summed E-state index contributed by atoms with van der Waals surface area (Å²) in [5, 5.41) is 14.2. The number of hydrogen-bond donors (Lipinski definition) is 4. The van der Waals surface area contributed by atoms with E-state index in [-0.39, 0.29) is 18.6 Å². The molecule has 1 atom stereocenters. The molecule has 1 aromatic heterocycles. The molecule has 5 nitrogen and oxygen atoms in total. The summed E-state index contributed by atoms with van der Waals surface area (Å²) in [6.45, 7) is 7.20. The van der Waals surface area contributed by atoms with Gasteiger partial charge in [-0.1, -0.05) is 48.9 Å². The van der Waals surface area contributed by atoms with Crippen LogP contribution in [0.3, 0.4) is 0 Å². The van der Waals surface area contributed by atoms with Crippen LogP contribution < -0.4 is 15.1 Å². The van der Waals surface area contributed by atoms with E-state index >= 15 is 0 Å². The second-order valence-corrected chi connectivity index (χ2v) is 10.1. The van der Waals surface area contributed by atoms with Crippen molar-refractivity contribution in [1.29, 1.82) is 0 Å². The SMILES string of the molecule is CCc1cc(C(c2cccc(Cl)c2)[NH+]2CC[NH+](CCO)CC2)c(NC(=O)c2ccccc2)s1. The monoisotopic (exact) mass is 485 g/mol. The van der Waals surface area contributed by atoms with Gasteiger partial charge in [0.15, 0.2) is 0 Å². The zero-order valence-corrected chi connectivity index (χ0v) is 20.5. The van der Waals surface area contributed by atoms with Gasteiger partial charge in [-0.3, -0.25) is 4.79 Å². The van der Waals surface area contributed by atoms with E-state index in [1.54, 1.807) is 11.3 Å². The first-order valence-electron chi connectivity index (χ1n) is 11.6. The third kappa shape index (κ3) is 5.83. The van der Waals surface area contributed by atoms with E-state index in [1.807, 2.05) is 42.5 Å². The molecule has 1 amide bonds. The Bertz CT molecular complexity index is 1060. The van der Waals surface area contributed by atoms with Gasteiger partial charge in [0.25, 0.3) is 5.91 Å². The van der Waals surface area contributed by atoms with Gasteiger partial charge in [0.1, 0.15) is 43.8 Å². The minimum Gasteiger partial charge on any atom is -0.391 e. The summed E-state index contributed by atoms with van der Waals surface area (Å²) in [5.41, 5.74) is 2.98. The average molecular weight is 486 g/mol. The number of aryl methyl sites for hydroxylation is 1. The summed E-state index contributed by atoms with van der Waals surface area (Å²) in [5.74, 6) is -0.0848. The van der Waals surface area contributed by atoms with E-state index in [9.17, 15) is 9.90 Å². The summed E-state index contributed by atoms with van der Waals surface area (Å²) < 4.78 is 0. The number of aliphatic hydroxyl groups excluding tert-OH is 1. The highest BCUT2D eigenvalue weighted by molar-refractivity contribution is 7.16. The van der Waals surface area contributed by atoms with Crippen molar-refractivity contribution >= 4 is 33.8 Å². The lowest BCUT2D eigenvalue weighted by Crippen LogP contribution is -3.28. The van der Waals surface area contributed by atoms with Crippen molar-refractivity contribution in [2.75, 3.05) is 44.6 Å². The third-order valence-electron chi connectivity index (χ3n) is 6.39. The van der Waals surface area contributed by atoms with Gasteiger partial charge < -0.3 is 20.2 Å². The molecule has 0 radical (unpaired) electrons. The molecule has 174 valence electrons. The van der Waals surface area contributed by atoms with E-state index in [1.165, 1.54) is 20.2 Å². The van der Waals surface area contributed by atoms with Crippen molar-refractivity contribution in [2.24, 2.45) is 0 Å². The number of piperazine rings is 1. The highest BCUT2D eigenvalue weighted by atomic mass is 35.5. The predicted molar refractivity (Wildman–Crippen MR) is 135 cm³/mol. The van der Waals surface area contributed by atoms with Gasteiger partial charge in [-0.05, 0) is 36.8 Å². The summed E-state index contributed by atoms with van der Waals surface area (Å²) in [7, 11) is 0. The molecular weight excluding hydrogens is 454 g/mol. The Morgan fingerprint density at radius 3 is 2.52 bits per heavy atom. The van der Waals surface area contributed by atoms with Crippen molar-refractivity contribution < 1.29 is 19.7 Å². The fourth-order valence-electron chi connectivity index (χ4n) is 4.65. The molecule has 0 bridgehead atoms. The van der Waals surface area contributed by atoms with Crippen molar-refractivity contribution in [2.45, 2.75) is 19.4 Å². The number of carbonyl (C=O) groups is 1. The van der Waals surface area contributed by atoms with Crippen LogP contribution in [0.5, 0.6) is 0 Å². The lowest BCUT2D eigenvalue weighted by molar-refractivity contribution is -1.02. The normalized spacial score (nSPS) is 19.2. The molecule has 1 fully saturated rings. The lowest BCUT2D eigenvalue weighted by Gasteiger charge is -2.35. The second-order valence-electron chi connectivity index (χ2n) is 8.54. The fraction of sp³-hybridized carbons (Fsp3) is 0.346. The van der Waals surface area contributed by atoms with E-state index in [0.717, 1.165) is 54.7 Å². The minimum atomic E-state index is -0.0848. The molecule has 2 aromatic carbocycles. The summed E-state index contributed by atoms with van der Waals surface area (Å²) in [6, 6.07) is 19.8. The molecule has 1 aliphatic heterocycles. The van der Waals surface area contributed by atoms with Crippen LogP contribution in [0.4, 0.5) is 5.00 Å². The van der Waals surface area contributed by atoms with E-state index in [2.05, 4.69) is 30.4 Å². The first-order valence-corrected chi connectivity index (χ1v) is 12.8. The lowest BCUT2D eigenvalue weighted by atomic mass is 9.97. The molecule has 0 spiro atoms. The number of hydrogen-bond acceptors (Lipinski definition) is 3. The van der Waals surface area contributed by atoms with E-state index in [4.69, 9.17) is 11.6 Å². The van der Waals surface area contributed by atoms with Crippen LogP contribution >= 0.6 is 22.9 Å². The maximum atomic E-state index is 13.0. The molecule has 0 saturated carbocycles. The summed E-state index contributed by atoms with van der Waals surface area (Å²) in [6.07, 6.45) is 0.922. The van der Waals surface area contributed by atoms with Gasteiger partial charge >= 0.3 is 0 Å². The first kappa shape index (κ1) is 23.9. The Kier molecular flexibility index (Phi) is 8.17. The fourth-order valence-corrected chi connectivity index (χ4v) is 5.88. The molecule has 33 heavy (non-hydrogen) atoms. The first-order chi connectivity index (χ1) is 16.1. The number of rotatable bonds is 8. The highest BCUT2D eigenvalue weighted by Gasteiger charge is 2.34. The Balaban J connectivity index is 1.69. The van der Waals surface area contributed by atoms with E-state index in [0.29, 0.717) is 5.56 Å². The standard InChI is InChI=1S/C26H30ClN3O2S/c1-2-22-18-23(26(33-22)28-25(32)19-7-4-3-5-8-19)24(20-9-6-10-21(27)17-20)30-13-11-29(12-14-30)15-16-31/h3-10,17-18,24,31H,2,11-16H2,1H3,(H,28,32)/p+2. The van der Waals surface area contributed by atoms with Crippen molar-refractivity contribution in [3.63, 3.8) is 0 Å². The van der Waals surface area contributed by atoms with Gasteiger partial charge in [-0.25, -0.2) is 0 Å². The van der Waals surface area contributed by atoms with Crippen molar-refractivity contribution in [1.82, 2.24) is 0 Å². The van der Waals surface area contributed by atoms with Crippen LogP contribution in [0.15, 0.2) is 60.7 Å². The number of benzene rings is 2. The Morgan fingerprint density at radius 2 is 1.85 bits per heavy atom. The molecule has 3 aromatic rings. The number of halogens is 1. The molecule has 2 heterocycles. The Labute approximate surface area is 204 Å². The number of quaternary nitrogens is 2. The number of anilines is 1. The zero-order chi connectivity index (χ0) is 23.2. The smallest absolute Gasteiger partial charge is 0.256 e. The molecule has 1 unspecified atom stereocenters. The minimum absolute atomic E-state index is 0.0848. The Hall–Kier alpha value is -2.22. The molecule has 7 heteroatoms. The maximum Gasteiger partial charge on any atom is 0.256 e. The van der Waals surface area contributed by atoms with Gasteiger partial charge in [0, 0.05) is 26.6 Å². The van der Waals surface area contributed by atoms with Gasteiger partial charge in [-0.15, -0.1) is 11.3 Å². The average Bonchev–Trinajstić information content (AvgIpc) is 3.23. The molecular formula is C26H32ClN3O2S+2. The van der Waals surface area contributed by atoms with E-state index < -0.39 is 0 Å². The van der Waals surface area contributed by atoms with Crippen LogP contribution in [0.25, 0.3) is 0 Å². The molecule has 4 N–H and O–H groups in total. The van der Waals surface area contributed by atoms with Crippen molar-refractivity contribution in [3.8, 4) is 0 Å². The van der Waals surface area contributed by atoms with Crippen LogP contribution in [0, 0.1) is 0 Å². The zero-order valence-electron chi connectivity index (χ0n) is 18.9. The topological polar surface area (TPSA) is 58.2 Å². The van der Waals surface area contributed by atoms with Crippen LogP contribution in [0.2, 0.25) is 5.02 Å². The summed E-state index contributed by atoms with van der Waals surface area (Å²) >= 11 is 8.07. The number of carbonyl (C=O) groups excluding carboxylic acids is 1.